The first-order valence-electron chi connectivity index (χ1n) is 9.25. The van der Waals surface area contributed by atoms with Crippen LogP contribution in [0, 0.1) is 0 Å². The average molecular weight is 425 g/mol. The van der Waals surface area contributed by atoms with Crippen LogP contribution in [0.5, 0.6) is 0 Å². The summed E-state index contributed by atoms with van der Waals surface area (Å²) in [5.74, 6) is 0. The summed E-state index contributed by atoms with van der Waals surface area (Å²) in [6, 6.07) is 22.8. The molecule has 0 saturated carbocycles. The molecule has 0 aliphatic rings. The van der Waals surface area contributed by atoms with Crippen molar-refractivity contribution in [1.29, 1.82) is 0 Å². The fraction of sp³-hybridized carbons (Fsp3) is 0.217. The second kappa shape index (κ2) is 9.29. The van der Waals surface area contributed by atoms with Gasteiger partial charge in [0.2, 0.25) is 6.17 Å². The van der Waals surface area contributed by atoms with E-state index in [-0.39, 0.29) is 5.41 Å². The Bertz CT molecular complexity index is 1010. The van der Waals surface area contributed by atoms with Crippen LogP contribution in [0.4, 0.5) is 11.4 Å². The molecule has 0 heterocycles. The van der Waals surface area contributed by atoms with Crippen LogP contribution in [0.25, 0.3) is 0 Å². The average Bonchev–Trinajstić information content (AvgIpc) is 2.71. The number of azo groups is 2. The molecule has 0 aromatic heterocycles. The van der Waals surface area contributed by atoms with Crippen LogP contribution >= 0.6 is 23.2 Å². The van der Waals surface area contributed by atoms with E-state index < -0.39 is 6.17 Å². The third-order valence-electron chi connectivity index (χ3n) is 4.30. The number of hydrogen-bond donors (Lipinski definition) is 0. The minimum atomic E-state index is -0.598. The van der Waals surface area contributed by atoms with E-state index in [0.29, 0.717) is 15.7 Å². The Morgan fingerprint density at radius 2 is 1.41 bits per heavy atom. The second-order valence-corrected chi connectivity index (χ2v) is 8.45. The zero-order valence-electron chi connectivity index (χ0n) is 16.6. The molecular formula is C23H22Cl2N4. The molecule has 148 valence electrons. The topological polar surface area (TPSA) is 49.4 Å². The summed E-state index contributed by atoms with van der Waals surface area (Å²) in [4.78, 5) is 0. The van der Waals surface area contributed by atoms with Gasteiger partial charge in [0.25, 0.3) is 0 Å². The summed E-state index contributed by atoms with van der Waals surface area (Å²) in [5.41, 5.74) is 3.43. The lowest BCUT2D eigenvalue weighted by molar-refractivity contribution is 0.589. The lowest BCUT2D eigenvalue weighted by Gasteiger charge is -2.19. The summed E-state index contributed by atoms with van der Waals surface area (Å²) in [7, 11) is 0. The monoisotopic (exact) mass is 424 g/mol. The normalized spacial score (nSPS) is 13.3. The van der Waals surface area contributed by atoms with E-state index in [1.54, 1.807) is 18.2 Å². The zero-order chi connectivity index (χ0) is 20.9. The van der Waals surface area contributed by atoms with Crippen LogP contribution in [0.2, 0.25) is 10.0 Å². The molecule has 1 unspecified atom stereocenters. The van der Waals surface area contributed by atoms with Crippen LogP contribution in [0.15, 0.2) is 93.3 Å². The highest BCUT2D eigenvalue weighted by molar-refractivity contribution is 6.35. The van der Waals surface area contributed by atoms with E-state index in [4.69, 9.17) is 23.2 Å². The number of halogens is 2. The first-order chi connectivity index (χ1) is 13.8. The summed E-state index contributed by atoms with van der Waals surface area (Å²) in [6.45, 7) is 6.53. The molecule has 0 fully saturated rings. The van der Waals surface area contributed by atoms with E-state index in [1.807, 2.05) is 42.5 Å². The van der Waals surface area contributed by atoms with Crippen molar-refractivity contribution in [3.63, 3.8) is 0 Å². The van der Waals surface area contributed by atoms with E-state index in [9.17, 15) is 0 Å². The van der Waals surface area contributed by atoms with Gasteiger partial charge in [0.05, 0.1) is 10.7 Å². The Balaban J connectivity index is 1.94. The van der Waals surface area contributed by atoms with Crippen LogP contribution in [-0.4, -0.2) is 0 Å². The summed E-state index contributed by atoms with van der Waals surface area (Å²) >= 11 is 12.3. The highest BCUT2D eigenvalue weighted by atomic mass is 35.5. The fourth-order valence-corrected chi connectivity index (χ4v) is 2.93. The van der Waals surface area contributed by atoms with Crippen LogP contribution in [0.3, 0.4) is 0 Å². The van der Waals surface area contributed by atoms with Crippen molar-refractivity contribution in [1.82, 2.24) is 0 Å². The van der Waals surface area contributed by atoms with Gasteiger partial charge in [0, 0.05) is 10.6 Å². The van der Waals surface area contributed by atoms with Crippen LogP contribution in [0.1, 0.15) is 38.1 Å². The highest BCUT2D eigenvalue weighted by Crippen LogP contribution is 2.32. The van der Waals surface area contributed by atoms with Crippen molar-refractivity contribution in [3.05, 3.63) is 94.0 Å². The van der Waals surface area contributed by atoms with Crippen molar-refractivity contribution >= 4 is 34.6 Å². The van der Waals surface area contributed by atoms with Crippen molar-refractivity contribution in [3.8, 4) is 0 Å². The maximum Gasteiger partial charge on any atom is 0.206 e. The Morgan fingerprint density at radius 3 is 2.07 bits per heavy atom. The molecule has 0 saturated heterocycles. The first-order valence-corrected chi connectivity index (χ1v) is 10.0. The standard InChI is InChI=1S/C23H22Cl2N4/c1-23(2,3)17-11-9-16(10-12-17)22(28-26-19-7-5-4-6-8-19)29-27-21-15-18(24)13-14-20(21)25/h4-15,22H,1-3H3. The predicted molar refractivity (Wildman–Crippen MR) is 120 cm³/mol. The molecule has 1 atom stereocenters. The second-order valence-electron chi connectivity index (χ2n) is 7.61. The molecule has 6 heteroatoms. The fourth-order valence-electron chi connectivity index (χ4n) is 2.61. The summed E-state index contributed by atoms with van der Waals surface area (Å²) in [5, 5.41) is 18.4. The van der Waals surface area contributed by atoms with Crippen LogP contribution < -0.4 is 0 Å². The molecule has 0 bridgehead atoms. The quantitative estimate of drug-likeness (QED) is 0.367. The molecule has 0 amide bonds. The van der Waals surface area contributed by atoms with Gasteiger partial charge in [-0.3, -0.25) is 0 Å². The Morgan fingerprint density at radius 1 is 0.759 bits per heavy atom. The van der Waals surface area contributed by atoms with E-state index in [1.165, 1.54) is 5.56 Å². The Labute approximate surface area is 181 Å². The Kier molecular flexibility index (Phi) is 6.78. The van der Waals surface area contributed by atoms with Crippen LogP contribution in [-0.2, 0) is 5.41 Å². The number of hydrogen-bond acceptors (Lipinski definition) is 4. The van der Waals surface area contributed by atoms with Crippen molar-refractivity contribution in [2.24, 2.45) is 20.5 Å². The Hall–Kier alpha value is -2.56. The molecule has 0 radical (unpaired) electrons. The van der Waals surface area contributed by atoms with E-state index >= 15 is 0 Å². The van der Waals surface area contributed by atoms with E-state index in [2.05, 4.69) is 53.4 Å². The molecule has 0 aliphatic carbocycles. The van der Waals surface area contributed by atoms with Gasteiger partial charge in [-0.05, 0) is 41.3 Å². The smallest absolute Gasteiger partial charge is 0.154 e. The molecule has 0 N–H and O–H groups in total. The third-order valence-corrected chi connectivity index (χ3v) is 4.85. The molecule has 0 spiro atoms. The van der Waals surface area contributed by atoms with Gasteiger partial charge < -0.3 is 0 Å². The first kappa shape index (κ1) is 21.2. The molecule has 3 aromatic carbocycles. The number of nitrogens with zero attached hydrogens (tertiary/aromatic N) is 4. The molecule has 4 nitrogen and oxygen atoms in total. The predicted octanol–water partition coefficient (Wildman–Crippen LogP) is 8.86. The van der Waals surface area contributed by atoms with Gasteiger partial charge in [-0.2, -0.15) is 20.5 Å². The summed E-state index contributed by atoms with van der Waals surface area (Å²) in [6.07, 6.45) is -0.598. The van der Waals surface area contributed by atoms with Gasteiger partial charge in [-0.1, -0.05) is 86.4 Å². The maximum absolute atomic E-state index is 6.20. The maximum atomic E-state index is 6.20. The molecule has 0 aliphatic heterocycles. The summed E-state index contributed by atoms with van der Waals surface area (Å²) < 4.78 is 0. The van der Waals surface area contributed by atoms with Gasteiger partial charge in [0.15, 0.2) is 0 Å². The molecule has 3 rings (SSSR count). The van der Waals surface area contributed by atoms with E-state index in [0.717, 1.165) is 11.3 Å². The SMILES string of the molecule is CC(C)(C)c1ccc(C(N=Nc2ccccc2)N=Nc2cc(Cl)ccc2Cl)cc1. The minimum absolute atomic E-state index is 0.0649. The lowest BCUT2D eigenvalue weighted by Crippen LogP contribution is -2.10. The van der Waals surface area contributed by atoms with Gasteiger partial charge >= 0.3 is 0 Å². The largest absolute Gasteiger partial charge is 0.206 e. The van der Waals surface area contributed by atoms with Crippen molar-refractivity contribution in [2.75, 3.05) is 0 Å². The van der Waals surface area contributed by atoms with Crippen molar-refractivity contribution < 1.29 is 0 Å². The van der Waals surface area contributed by atoms with Gasteiger partial charge in [-0.25, -0.2) is 0 Å². The number of benzene rings is 3. The lowest BCUT2D eigenvalue weighted by atomic mass is 9.86. The molecular weight excluding hydrogens is 403 g/mol. The molecule has 29 heavy (non-hydrogen) atoms. The molecule has 3 aromatic rings. The van der Waals surface area contributed by atoms with Gasteiger partial charge in [-0.15, -0.1) is 0 Å². The third kappa shape index (κ3) is 5.96. The van der Waals surface area contributed by atoms with Crippen molar-refractivity contribution in [2.45, 2.75) is 32.4 Å². The highest BCUT2D eigenvalue weighted by Gasteiger charge is 2.15. The minimum Gasteiger partial charge on any atom is -0.154 e. The van der Waals surface area contributed by atoms with Gasteiger partial charge in [0.1, 0.15) is 5.69 Å². The zero-order valence-corrected chi connectivity index (χ0v) is 18.1. The number of rotatable bonds is 5.